The van der Waals surface area contributed by atoms with Crippen LogP contribution in [0.15, 0.2) is 60.8 Å². The number of aromatic nitrogens is 2. The van der Waals surface area contributed by atoms with E-state index in [9.17, 15) is 0 Å². The van der Waals surface area contributed by atoms with Gasteiger partial charge in [0.25, 0.3) is 0 Å². The van der Waals surface area contributed by atoms with E-state index in [2.05, 4.69) is 52.8 Å². The fourth-order valence-corrected chi connectivity index (χ4v) is 2.60. The first kappa shape index (κ1) is 15.3. The lowest BCUT2D eigenvalue weighted by molar-refractivity contribution is 0.416. The Hall–Kier alpha value is -2.59. The maximum Gasteiger partial charge on any atom is 0.126 e. The lowest BCUT2D eigenvalue weighted by atomic mass is 10.0. The minimum Gasteiger partial charge on any atom is -0.496 e. The summed E-state index contributed by atoms with van der Waals surface area (Å²) in [6, 6.07) is 18.9. The first-order chi connectivity index (χ1) is 11.3. The molecular weight excluding hydrogens is 286 g/mol. The van der Waals surface area contributed by atoms with Crippen LogP contribution in [-0.4, -0.2) is 17.3 Å². The number of nitrogens with one attached hydrogen (secondary N) is 2. The van der Waals surface area contributed by atoms with Gasteiger partial charge in [0.15, 0.2) is 0 Å². The number of aromatic amines is 1. The van der Waals surface area contributed by atoms with E-state index in [0.717, 1.165) is 29.1 Å². The molecule has 118 valence electrons. The van der Waals surface area contributed by atoms with Gasteiger partial charge in [-0.1, -0.05) is 42.5 Å². The van der Waals surface area contributed by atoms with Crippen molar-refractivity contribution < 1.29 is 4.74 Å². The molecule has 0 fully saturated rings. The number of methoxy groups -OCH3 is 1. The van der Waals surface area contributed by atoms with Crippen LogP contribution >= 0.6 is 0 Å². The highest BCUT2D eigenvalue weighted by molar-refractivity contribution is 5.70. The summed E-state index contributed by atoms with van der Waals surface area (Å²) < 4.78 is 5.44. The van der Waals surface area contributed by atoms with Crippen molar-refractivity contribution in [3.05, 3.63) is 72.1 Å². The minimum absolute atomic E-state index is 0.269. The van der Waals surface area contributed by atoms with Gasteiger partial charge in [0.1, 0.15) is 5.75 Å². The quantitative estimate of drug-likeness (QED) is 0.725. The molecule has 1 unspecified atom stereocenters. The monoisotopic (exact) mass is 307 g/mol. The number of rotatable bonds is 6. The van der Waals surface area contributed by atoms with Gasteiger partial charge in [-0.2, -0.15) is 5.10 Å². The molecule has 0 aliphatic heterocycles. The van der Waals surface area contributed by atoms with Gasteiger partial charge < -0.3 is 10.1 Å². The number of para-hydroxylation sites is 1. The van der Waals surface area contributed by atoms with Crippen molar-refractivity contribution in [3.63, 3.8) is 0 Å². The first-order valence-corrected chi connectivity index (χ1v) is 7.73. The van der Waals surface area contributed by atoms with Crippen molar-refractivity contribution in [2.75, 3.05) is 7.11 Å². The molecule has 0 amide bonds. The van der Waals surface area contributed by atoms with Gasteiger partial charge in [0, 0.05) is 30.0 Å². The predicted molar refractivity (Wildman–Crippen MR) is 92.3 cm³/mol. The summed E-state index contributed by atoms with van der Waals surface area (Å²) in [5.74, 6) is 0.894. The van der Waals surface area contributed by atoms with Crippen molar-refractivity contribution >= 4 is 0 Å². The molecule has 1 atom stereocenters. The topological polar surface area (TPSA) is 49.9 Å². The van der Waals surface area contributed by atoms with Crippen molar-refractivity contribution in [1.29, 1.82) is 0 Å². The number of hydrogen-bond acceptors (Lipinski definition) is 3. The van der Waals surface area contributed by atoms with Gasteiger partial charge in [0.05, 0.1) is 7.11 Å². The molecule has 0 saturated heterocycles. The Morgan fingerprint density at radius 2 is 1.87 bits per heavy atom. The summed E-state index contributed by atoms with van der Waals surface area (Å²) in [4.78, 5) is 0. The second kappa shape index (κ2) is 7.11. The molecule has 0 radical (unpaired) electrons. The fraction of sp³-hybridized carbons (Fsp3) is 0.211. The number of nitrogens with zero attached hydrogens (tertiary/aromatic N) is 1. The third kappa shape index (κ3) is 3.60. The Bertz CT molecular complexity index is 736. The zero-order chi connectivity index (χ0) is 16.1. The van der Waals surface area contributed by atoms with Crippen molar-refractivity contribution in [3.8, 4) is 16.9 Å². The second-order valence-electron chi connectivity index (χ2n) is 5.51. The summed E-state index contributed by atoms with van der Waals surface area (Å²) in [5.41, 5.74) is 4.61. The Labute approximate surface area is 136 Å². The highest BCUT2D eigenvalue weighted by atomic mass is 16.5. The summed E-state index contributed by atoms with van der Waals surface area (Å²) in [6.45, 7) is 2.93. The largest absolute Gasteiger partial charge is 0.496 e. The first-order valence-electron chi connectivity index (χ1n) is 7.73. The van der Waals surface area contributed by atoms with Crippen LogP contribution in [0.25, 0.3) is 11.1 Å². The fourth-order valence-electron chi connectivity index (χ4n) is 2.60. The third-order valence-corrected chi connectivity index (χ3v) is 3.99. The molecule has 3 rings (SSSR count). The normalized spacial score (nSPS) is 12.1. The molecule has 2 N–H and O–H groups in total. The van der Waals surface area contributed by atoms with Crippen LogP contribution < -0.4 is 10.1 Å². The number of benzene rings is 2. The lowest BCUT2D eigenvalue weighted by Crippen LogP contribution is -2.18. The van der Waals surface area contributed by atoms with Gasteiger partial charge in [0.2, 0.25) is 0 Å². The summed E-state index contributed by atoms with van der Waals surface area (Å²) >= 11 is 0. The zero-order valence-corrected chi connectivity index (χ0v) is 13.4. The molecule has 1 aromatic heterocycles. The maximum absolute atomic E-state index is 5.44. The number of H-pyrrole nitrogens is 1. The van der Waals surface area contributed by atoms with Crippen LogP contribution in [-0.2, 0) is 6.54 Å². The van der Waals surface area contributed by atoms with Crippen LogP contribution in [0, 0.1) is 0 Å². The van der Waals surface area contributed by atoms with Crippen LogP contribution in [0.4, 0.5) is 0 Å². The van der Waals surface area contributed by atoms with Crippen LogP contribution in [0.1, 0.15) is 24.2 Å². The Morgan fingerprint density at radius 3 is 2.57 bits per heavy atom. The highest BCUT2D eigenvalue weighted by Crippen LogP contribution is 2.30. The average Bonchev–Trinajstić information content (AvgIpc) is 3.13. The molecule has 0 bridgehead atoms. The van der Waals surface area contributed by atoms with Crippen molar-refractivity contribution in [2.45, 2.75) is 19.5 Å². The van der Waals surface area contributed by atoms with Crippen molar-refractivity contribution in [2.24, 2.45) is 0 Å². The third-order valence-electron chi connectivity index (χ3n) is 3.99. The van der Waals surface area contributed by atoms with E-state index in [-0.39, 0.29) is 6.04 Å². The van der Waals surface area contributed by atoms with E-state index >= 15 is 0 Å². The SMILES string of the molecule is COc1ccccc1-c1ccc(C(C)NCc2ccn[nH]2)cc1. The number of ether oxygens (including phenoxy) is 1. The van der Waals surface area contributed by atoms with E-state index < -0.39 is 0 Å². The van der Waals surface area contributed by atoms with Gasteiger partial charge in [-0.25, -0.2) is 0 Å². The molecule has 4 heteroatoms. The zero-order valence-electron chi connectivity index (χ0n) is 13.4. The standard InChI is InChI=1S/C19H21N3O/c1-14(20-13-17-11-12-21-22-17)15-7-9-16(10-8-15)18-5-3-4-6-19(18)23-2/h3-12,14,20H,13H2,1-2H3,(H,21,22). The van der Waals surface area contributed by atoms with E-state index in [1.54, 1.807) is 13.3 Å². The number of hydrogen-bond donors (Lipinski definition) is 2. The molecule has 0 saturated carbocycles. The smallest absolute Gasteiger partial charge is 0.126 e. The Balaban J connectivity index is 1.71. The van der Waals surface area contributed by atoms with Crippen LogP contribution in [0.5, 0.6) is 5.75 Å². The summed E-state index contributed by atoms with van der Waals surface area (Å²) in [5, 5.41) is 10.4. The molecule has 0 aliphatic carbocycles. The molecule has 0 aliphatic rings. The van der Waals surface area contributed by atoms with Crippen molar-refractivity contribution in [1.82, 2.24) is 15.5 Å². The van der Waals surface area contributed by atoms with Gasteiger partial charge in [-0.05, 0) is 30.2 Å². The highest BCUT2D eigenvalue weighted by Gasteiger charge is 2.08. The molecular formula is C19H21N3O. The van der Waals surface area contributed by atoms with E-state index in [1.807, 2.05) is 24.3 Å². The van der Waals surface area contributed by atoms with Gasteiger partial charge >= 0.3 is 0 Å². The van der Waals surface area contributed by atoms with E-state index in [4.69, 9.17) is 4.74 Å². The molecule has 3 aromatic rings. The second-order valence-corrected chi connectivity index (χ2v) is 5.51. The molecule has 1 heterocycles. The Morgan fingerprint density at radius 1 is 1.09 bits per heavy atom. The van der Waals surface area contributed by atoms with E-state index in [0.29, 0.717) is 0 Å². The summed E-state index contributed by atoms with van der Waals surface area (Å²) in [7, 11) is 1.70. The van der Waals surface area contributed by atoms with Gasteiger partial charge in [-0.3, -0.25) is 5.10 Å². The molecule has 23 heavy (non-hydrogen) atoms. The maximum atomic E-state index is 5.44. The minimum atomic E-state index is 0.269. The Kier molecular flexibility index (Phi) is 4.74. The molecule has 4 nitrogen and oxygen atoms in total. The van der Waals surface area contributed by atoms with E-state index in [1.165, 1.54) is 5.56 Å². The van der Waals surface area contributed by atoms with Crippen LogP contribution in [0.2, 0.25) is 0 Å². The van der Waals surface area contributed by atoms with Crippen LogP contribution in [0.3, 0.4) is 0 Å². The predicted octanol–water partition coefficient (Wildman–Crippen LogP) is 3.94. The molecule has 2 aromatic carbocycles. The summed E-state index contributed by atoms with van der Waals surface area (Å²) in [6.07, 6.45) is 1.77. The van der Waals surface area contributed by atoms with Gasteiger partial charge in [-0.15, -0.1) is 0 Å². The lowest BCUT2D eigenvalue weighted by Gasteiger charge is -2.15. The average molecular weight is 307 g/mol. The molecule has 0 spiro atoms.